The van der Waals surface area contributed by atoms with E-state index in [0.717, 1.165) is 12.0 Å². The highest BCUT2D eigenvalue weighted by atomic mass is 79.9. The maximum atomic E-state index is 13.7. The molecule has 0 spiro atoms. The molecule has 0 bridgehead atoms. The van der Waals surface area contributed by atoms with Gasteiger partial charge in [-0.05, 0) is 18.6 Å². The number of nitrogens with one attached hydrogen (secondary N) is 1. The van der Waals surface area contributed by atoms with Crippen molar-refractivity contribution in [1.82, 2.24) is 5.48 Å². The maximum absolute atomic E-state index is 13.7. The summed E-state index contributed by atoms with van der Waals surface area (Å²) in [6.07, 6.45) is 0.686. The van der Waals surface area contributed by atoms with Gasteiger partial charge in [0.05, 0.1) is 13.2 Å². The van der Waals surface area contributed by atoms with Crippen molar-refractivity contribution in [3.05, 3.63) is 28.0 Å². The van der Waals surface area contributed by atoms with Crippen molar-refractivity contribution in [3.8, 4) is 5.75 Å². The third kappa shape index (κ3) is 1.95. The minimum absolute atomic E-state index is 0.0984. The standard InChI is InChI=1S/C11H13BrFNO2/c1-3-9-10(14-15-2)7-4-6(12)5-8(13)11(7)16-9/h4-5,9-10,14H,3H2,1-2H3. The molecule has 1 aliphatic heterocycles. The van der Waals surface area contributed by atoms with Gasteiger partial charge in [0, 0.05) is 10.0 Å². The molecule has 88 valence electrons. The normalized spacial score (nSPS) is 23.0. The fourth-order valence-electron chi connectivity index (χ4n) is 1.94. The molecule has 0 amide bonds. The highest BCUT2D eigenvalue weighted by molar-refractivity contribution is 9.10. The second-order valence-electron chi connectivity index (χ2n) is 3.67. The van der Waals surface area contributed by atoms with Gasteiger partial charge >= 0.3 is 0 Å². The lowest BCUT2D eigenvalue weighted by atomic mass is 10.0. The summed E-state index contributed by atoms with van der Waals surface area (Å²) in [4.78, 5) is 4.93. The number of hydrogen-bond acceptors (Lipinski definition) is 3. The van der Waals surface area contributed by atoms with Crippen LogP contribution in [0.2, 0.25) is 0 Å². The summed E-state index contributed by atoms with van der Waals surface area (Å²) in [6, 6.07) is 3.13. The van der Waals surface area contributed by atoms with Crippen LogP contribution in [0.1, 0.15) is 24.9 Å². The summed E-state index contributed by atoms with van der Waals surface area (Å²) < 4.78 is 19.9. The zero-order chi connectivity index (χ0) is 11.7. The van der Waals surface area contributed by atoms with Crippen molar-refractivity contribution >= 4 is 15.9 Å². The molecular weight excluding hydrogens is 277 g/mol. The van der Waals surface area contributed by atoms with Gasteiger partial charge in [-0.2, -0.15) is 5.48 Å². The Morgan fingerprint density at radius 2 is 2.31 bits per heavy atom. The molecule has 1 aromatic rings. The van der Waals surface area contributed by atoms with Crippen LogP contribution in [0.4, 0.5) is 4.39 Å². The van der Waals surface area contributed by atoms with Crippen LogP contribution in [-0.4, -0.2) is 13.2 Å². The van der Waals surface area contributed by atoms with Gasteiger partial charge in [0.25, 0.3) is 0 Å². The zero-order valence-corrected chi connectivity index (χ0v) is 10.7. The minimum Gasteiger partial charge on any atom is -0.485 e. The number of hydrogen-bond donors (Lipinski definition) is 1. The lowest BCUT2D eigenvalue weighted by Gasteiger charge is -2.17. The lowest BCUT2D eigenvalue weighted by Crippen LogP contribution is -2.29. The lowest BCUT2D eigenvalue weighted by molar-refractivity contribution is 0.0279. The first-order valence-electron chi connectivity index (χ1n) is 5.11. The first-order chi connectivity index (χ1) is 7.67. The SMILES string of the molecule is CCC1Oc2c(F)cc(Br)cc2C1NOC. The van der Waals surface area contributed by atoms with E-state index in [1.54, 1.807) is 7.11 Å². The van der Waals surface area contributed by atoms with Gasteiger partial charge in [0.15, 0.2) is 11.6 Å². The van der Waals surface area contributed by atoms with Crippen molar-refractivity contribution in [2.75, 3.05) is 7.11 Å². The molecule has 0 fully saturated rings. The number of rotatable bonds is 3. The van der Waals surface area contributed by atoms with Gasteiger partial charge in [0.2, 0.25) is 0 Å². The van der Waals surface area contributed by atoms with Crippen LogP contribution in [0.5, 0.6) is 5.75 Å². The van der Waals surface area contributed by atoms with Crippen LogP contribution < -0.4 is 10.2 Å². The van der Waals surface area contributed by atoms with E-state index in [-0.39, 0.29) is 18.0 Å². The van der Waals surface area contributed by atoms with Gasteiger partial charge in [-0.3, -0.25) is 0 Å². The Kier molecular flexibility index (Phi) is 3.47. The Hall–Kier alpha value is -0.650. The van der Waals surface area contributed by atoms with E-state index in [9.17, 15) is 4.39 Å². The van der Waals surface area contributed by atoms with E-state index in [4.69, 9.17) is 9.57 Å². The molecule has 1 aromatic carbocycles. The Labute approximate surface area is 102 Å². The topological polar surface area (TPSA) is 30.5 Å². The van der Waals surface area contributed by atoms with Crippen LogP contribution in [0.3, 0.4) is 0 Å². The molecule has 1 heterocycles. The monoisotopic (exact) mass is 289 g/mol. The largest absolute Gasteiger partial charge is 0.485 e. The molecule has 1 N–H and O–H groups in total. The number of benzene rings is 1. The quantitative estimate of drug-likeness (QED) is 0.868. The van der Waals surface area contributed by atoms with Crippen molar-refractivity contribution in [2.24, 2.45) is 0 Å². The minimum atomic E-state index is -0.344. The molecule has 0 aliphatic carbocycles. The summed E-state index contributed by atoms with van der Waals surface area (Å²) in [7, 11) is 1.54. The second-order valence-corrected chi connectivity index (χ2v) is 4.59. The zero-order valence-electron chi connectivity index (χ0n) is 9.09. The predicted octanol–water partition coefficient (Wildman–Crippen LogP) is 2.95. The van der Waals surface area contributed by atoms with Gasteiger partial charge < -0.3 is 9.57 Å². The molecule has 2 unspecified atom stereocenters. The average Bonchev–Trinajstić information content (AvgIpc) is 2.58. The van der Waals surface area contributed by atoms with Crippen molar-refractivity contribution < 1.29 is 14.0 Å². The Morgan fingerprint density at radius 1 is 1.56 bits per heavy atom. The van der Waals surface area contributed by atoms with Crippen LogP contribution in [0, 0.1) is 5.82 Å². The van der Waals surface area contributed by atoms with Crippen LogP contribution >= 0.6 is 15.9 Å². The summed E-state index contributed by atoms with van der Waals surface area (Å²) in [5.41, 5.74) is 3.64. The van der Waals surface area contributed by atoms with Gasteiger partial charge in [-0.25, -0.2) is 4.39 Å². The smallest absolute Gasteiger partial charge is 0.166 e. The Bertz CT molecular complexity index is 400. The number of hydroxylamine groups is 1. The second kappa shape index (κ2) is 4.69. The van der Waals surface area contributed by atoms with E-state index in [1.807, 2.05) is 13.0 Å². The number of ether oxygens (including phenoxy) is 1. The summed E-state index contributed by atoms with van der Waals surface area (Å²) in [5, 5.41) is 0. The molecule has 2 rings (SSSR count). The molecule has 0 saturated heterocycles. The molecular formula is C11H13BrFNO2. The highest BCUT2D eigenvalue weighted by Gasteiger charge is 2.35. The molecule has 0 radical (unpaired) electrons. The fourth-order valence-corrected chi connectivity index (χ4v) is 2.39. The van der Waals surface area contributed by atoms with Crippen molar-refractivity contribution in [1.29, 1.82) is 0 Å². The molecule has 0 saturated carbocycles. The first kappa shape index (κ1) is 11.8. The molecule has 1 aliphatic rings. The van der Waals surface area contributed by atoms with Crippen LogP contribution in [0.25, 0.3) is 0 Å². The van der Waals surface area contributed by atoms with Crippen LogP contribution in [-0.2, 0) is 4.84 Å². The molecule has 2 atom stereocenters. The van der Waals surface area contributed by atoms with Crippen molar-refractivity contribution in [2.45, 2.75) is 25.5 Å². The number of fused-ring (bicyclic) bond motifs is 1. The molecule has 0 aromatic heterocycles. The van der Waals surface area contributed by atoms with Gasteiger partial charge in [0.1, 0.15) is 6.10 Å². The van der Waals surface area contributed by atoms with E-state index >= 15 is 0 Å². The average molecular weight is 290 g/mol. The Balaban J connectivity index is 2.41. The molecule has 5 heteroatoms. The summed E-state index contributed by atoms with van der Waals surface area (Å²) in [6.45, 7) is 1.99. The van der Waals surface area contributed by atoms with Crippen molar-refractivity contribution in [3.63, 3.8) is 0 Å². The summed E-state index contributed by atoms with van der Waals surface area (Å²) >= 11 is 3.27. The molecule has 16 heavy (non-hydrogen) atoms. The third-order valence-electron chi connectivity index (χ3n) is 2.66. The maximum Gasteiger partial charge on any atom is 0.166 e. The molecule has 3 nitrogen and oxygen atoms in total. The number of halogens is 2. The predicted molar refractivity (Wildman–Crippen MR) is 61.7 cm³/mol. The van der Waals surface area contributed by atoms with Gasteiger partial charge in [-0.1, -0.05) is 22.9 Å². The van der Waals surface area contributed by atoms with E-state index in [2.05, 4.69) is 21.4 Å². The van der Waals surface area contributed by atoms with E-state index < -0.39 is 0 Å². The van der Waals surface area contributed by atoms with E-state index in [1.165, 1.54) is 6.07 Å². The highest BCUT2D eigenvalue weighted by Crippen LogP contribution is 2.41. The van der Waals surface area contributed by atoms with Gasteiger partial charge in [-0.15, -0.1) is 0 Å². The Morgan fingerprint density at radius 3 is 2.94 bits per heavy atom. The third-order valence-corrected chi connectivity index (χ3v) is 3.12. The first-order valence-corrected chi connectivity index (χ1v) is 5.90. The summed E-state index contributed by atoms with van der Waals surface area (Å²) in [5.74, 6) is -0.0205. The van der Waals surface area contributed by atoms with E-state index in [0.29, 0.717) is 10.2 Å². The fraction of sp³-hybridized carbons (Fsp3) is 0.455. The van der Waals surface area contributed by atoms with Crippen LogP contribution in [0.15, 0.2) is 16.6 Å².